The van der Waals surface area contributed by atoms with Gasteiger partial charge in [-0.3, -0.25) is 4.79 Å². The van der Waals surface area contributed by atoms with E-state index in [1.54, 1.807) is 31.0 Å². The predicted molar refractivity (Wildman–Crippen MR) is 119 cm³/mol. The van der Waals surface area contributed by atoms with Gasteiger partial charge >= 0.3 is 0 Å². The van der Waals surface area contributed by atoms with Gasteiger partial charge in [-0.05, 0) is 37.1 Å². The van der Waals surface area contributed by atoms with Crippen molar-refractivity contribution in [3.05, 3.63) is 48.9 Å². The standard InChI is InChI=1S/C22H21N5O2S/c1-29-16-5-2-4-15(12-16)26-21(28)14-7-10-27(11-8-14)20-19-18(24-13-25-20)17-6-3-9-23-22(17)30-19/h2-6,9,12-14H,7-8,10-11H2,1H3,(H,26,28). The zero-order chi connectivity index (χ0) is 20.5. The van der Waals surface area contributed by atoms with E-state index < -0.39 is 0 Å². The van der Waals surface area contributed by atoms with E-state index in [1.807, 2.05) is 36.4 Å². The van der Waals surface area contributed by atoms with Crippen molar-refractivity contribution < 1.29 is 9.53 Å². The Balaban J connectivity index is 1.30. The van der Waals surface area contributed by atoms with Crippen molar-refractivity contribution in [1.82, 2.24) is 15.0 Å². The van der Waals surface area contributed by atoms with E-state index in [4.69, 9.17) is 4.74 Å². The van der Waals surface area contributed by atoms with Gasteiger partial charge in [0.25, 0.3) is 0 Å². The number of rotatable bonds is 4. The number of hydrogen-bond donors (Lipinski definition) is 1. The second-order valence-corrected chi connectivity index (χ2v) is 8.31. The Morgan fingerprint density at radius 3 is 2.87 bits per heavy atom. The molecular formula is C22H21N5O2S. The van der Waals surface area contributed by atoms with E-state index in [0.29, 0.717) is 0 Å². The van der Waals surface area contributed by atoms with Gasteiger partial charge in [-0.2, -0.15) is 0 Å². The number of aromatic nitrogens is 3. The summed E-state index contributed by atoms with van der Waals surface area (Å²) in [6.07, 6.45) is 4.99. The molecule has 1 aromatic carbocycles. The van der Waals surface area contributed by atoms with Crippen LogP contribution in [0.2, 0.25) is 0 Å². The topological polar surface area (TPSA) is 80.2 Å². The van der Waals surface area contributed by atoms with E-state index >= 15 is 0 Å². The summed E-state index contributed by atoms with van der Waals surface area (Å²) in [5.41, 5.74) is 1.71. The summed E-state index contributed by atoms with van der Waals surface area (Å²) >= 11 is 1.63. The molecule has 152 valence electrons. The second kappa shape index (κ2) is 7.87. The van der Waals surface area contributed by atoms with Crippen LogP contribution in [0.3, 0.4) is 0 Å². The van der Waals surface area contributed by atoms with Crippen molar-refractivity contribution in [2.75, 3.05) is 30.4 Å². The first-order valence-corrected chi connectivity index (χ1v) is 10.7. The SMILES string of the molecule is COc1cccc(NC(=O)C2CCN(c3ncnc4c3sc3ncccc34)CC2)c1. The average molecular weight is 420 g/mol. The minimum absolute atomic E-state index is 0.0196. The molecule has 0 atom stereocenters. The van der Waals surface area contributed by atoms with Crippen LogP contribution in [-0.2, 0) is 4.79 Å². The molecule has 30 heavy (non-hydrogen) atoms. The van der Waals surface area contributed by atoms with Crippen molar-refractivity contribution >= 4 is 49.2 Å². The Morgan fingerprint density at radius 2 is 2.03 bits per heavy atom. The molecule has 0 spiro atoms. The molecule has 1 saturated heterocycles. The molecular weight excluding hydrogens is 398 g/mol. The fraction of sp³-hybridized carbons (Fsp3) is 0.273. The second-order valence-electron chi connectivity index (χ2n) is 7.32. The summed E-state index contributed by atoms with van der Waals surface area (Å²) in [4.78, 5) is 29.5. The molecule has 0 aliphatic carbocycles. The summed E-state index contributed by atoms with van der Waals surface area (Å²) in [6.45, 7) is 1.56. The maximum atomic E-state index is 12.7. The number of thiophene rings is 1. The number of piperidine rings is 1. The minimum Gasteiger partial charge on any atom is -0.497 e. The summed E-state index contributed by atoms with van der Waals surface area (Å²) in [5, 5.41) is 4.08. The van der Waals surface area contributed by atoms with E-state index in [-0.39, 0.29) is 11.8 Å². The number of nitrogens with zero attached hydrogens (tertiary/aromatic N) is 4. The van der Waals surface area contributed by atoms with Crippen molar-refractivity contribution in [2.24, 2.45) is 5.92 Å². The number of fused-ring (bicyclic) bond motifs is 3. The lowest BCUT2D eigenvalue weighted by Crippen LogP contribution is -2.38. The number of amides is 1. The Hall–Kier alpha value is -3.26. The van der Waals surface area contributed by atoms with Gasteiger partial charge in [-0.1, -0.05) is 6.07 Å². The quantitative estimate of drug-likeness (QED) is 0.536. The first-order valence-electron chi connectivity index (χ1n) is 9.91. The molecule has 0 radical (unpaired) electrons. The molecule has 1 aliphatic heterocycles. The number of carbonyl (C=O) groups is 1. The van der Waals surface area contributed by atoms with E-state index in [1.165, 1.54) is 0 Å². The molecule has 8 heteroatoms. The van der Waals surface area contributed by atoms with Gasteiger partial charge in [0.05, 0.1) is 17.3 Å². The van der Waals surface area contributed by atoms with Crippen LogP contribution in [0.4, 0.5) is 11.5 Å². The van der Waals surface area contributed by atoms with E-state index in [2.05, 4.69) is 25.2 Å². The third-order valence-corrected chi connectivity index (χ3v) is 6.61. The maximum absolute atomic E-state index is 12.7. The lowest BCUT2D eigenvalue weighted by molar-refractivity contribution is -0.120. The van der Waals surface area contributed by atoms with E-state index in [0.717, 1.165) is 63.6 Å². The molecule has 3 aromatic heterocycles. The highest BCUT2D eigenvalue weighted by molar-refractivity contribution is 7.25. The molecule has 0 bridgehead atoms. The van der Waals surface area contributed by atoms with Crippen LogP contribution in [0.1, 0.15) is 12.8 Å². The number of carbonyl (C=O) groups excluding carboxylic acids is 1. The first-order chi connectivity index (χ1) is 14.7. The number of anilines is 2. The fourth-order valence-electron chi connectivity index (χ4n) is 3.92. The molecule has 1 fully saturated rings. The third-order valence-electron chi connectivity index (χ3n) is 5.51. The highest BCUT2D eigenvalue weighted by Crippen LogP contribution is 2.37. The van der Waals surface area contributed by atoms with Crippen LogP contribution in [0.15, 0.2) is 48.9 Å². The normalized spacial score (nSPS) is 14.9. The van der Waals surface area contributed by atoms with Crippen LogP contribution >= 0.6 is 11.3 Å². The number of benzene rings is 1. The number of hydrogen-bond acceptors (Lipinski definition) is 7. The molecule has 4 aromatic rings. The van der Waals surface area contributed by atoms with Crippen LogP contribution in [0.25, 0.3) is 20.4 Å². The van der Waals surface area contributed by atoms with Crippen molar-refractivity contribution in [3.63, 3.8) is 0 Å². The molecule has 1 N–H and O–H groups in total. The average Bonchev–Trinajstić information content (AvgIpc) is 3.18. The zero-order valence-electron chi connectivity index (χ0n) is 16.5. The lowest BCUT2D eigenvalue weighted by atomic mass is 9.95. The summed E-state index contributed by atoms with van der Waals surface area (Å²) in [6, 6.07) is 11.4. The van der Waals surface area contributed by atoms with Gasteiger partial charge < -0.3 is 15.0 Å². The van der Waals surface area contributed by atoms with Crippen LogP contribution in [-0.4, -0.2) is 41.1 Å². The van der Waals surface area contributed by atoms with Crippen molar-refractivity contribution in [3.8, 4) is 5.75 Å². The van der Waals surface area contributed by atoms with Gasteiger partial charge in [0.2, 0.25) is 5.91 Å². The first kappa shape index (κ1) is 18.7. The van der Waals surface area contributed by atoms with Gasteiger partial charge in [-0.25, -0.2) is 15.0 Å². The van der Waals surface area contributed by atoms with Crippen molar-refractivity contribution in [1.29, 1.82) is 0 Å². The fourth-order valence-corrected chi connectivity index (χ4v) is 5.04. The molecule has 0 saturated carbocycles. The number of methoxy groups -OCH3 is 1. The van der Waals surface area contributed by atoms with Crippen molar-refractivity contribution in [2.45, 2.75) is 12.8 Å². The Morgan fingerprint density at radius 1 is 1.17 bits per heavy atom. The molecule has 1 aliphatic rings. The van der Waals surface area contributed by atoms with Gasteiger partial charge in [-0.15, -0.1) is 11.3 Å². The smallest absolute Gasteiger partial charge is 0.227 e. The third kappa shape index (κ3) is 3.43. The minimum atomic E-state index is -0.0196. The van der Waals surface area contributed by atoms with Crippen LogP contribution < -0.4 is 15.0 Å². The number of pyridine rings is 1. The van der Waals surface area contributed by atoms with Crippen LogP contribution in [0.5, 0.6) is 5.75 Å². The Bertz CT molecular complexity index is 1220. The Kier molecular flexibility index (Phi) is 4.92. The maximum Gasteiger partial charge on any atom is 0.227 e. The molecule has 7 nitrogen and oxygen atoms in total. The largest absolute Gasteiger partial charge is 0.497 e. The molecule has 5 rings (SSSR count). The van der Waals surface area contributed by atoms with Crippen LogP contribution in [0, 0.1) is 5.92 Å². The highest BCUT2D eigenvalue weighted by Gasteiger charge is 2.27. The Labute approximate surface area is 177 Å². The van der Waals surface area contributed by atoms with Gasteiger partial charge in [0, 0.05) is 42.3 Å². The predicted octanol–water partition coefficient (Wildman–Crippen LogP) is 4.10. The summed E-state index contributed by atoms with van der Waals surface area (Å²) in [7, 11) is 1.62. The summed E-state index contributed by atoms with van der Waals surface area (Å²) < 4.78 is 6.29. The number of ether oxygens (including phenoxy) is 1. The monoisotopic (exact) mass is 419 g/mol. The molecule has 4 heterocycles. The molecule has 0 unspecified atom stereocenters. The van der Waals surface area contributed by atoms with Gasteiger partial charge in [0.15, 0.2) is 0 Å². The van der Waals surface area contributed by atoms with Gasteiger partial charge in [0.1, 0.15) is 22.7 Å². The molecule has 1 amide bonds. The highest BCUT2D eigenvalue weighted by atomic mass is 32.1. The summed E-state index contributed by atoms with van der Waals surface area (Å²) in [5.74, 6) is 1.71. The van der Waals surface area contributed by atoms with E-state index in [9.17, 15) is 4.79 Å². The zero-order valence-corrected chi connectivity index (χ0v) is 17.4. The number of nitrogens with one attached hydrogen (secondary N) is 1. The lowest BCUT2D eigenvalue weighted by Gasteiger charge is -2.32.